The van der Waals surface area contributed by atoms with Crippen molar-refractivity contribution in [3.8, 4) is 5.75 Å². The summed E-state index contributed by atoms with van der Waals surface area (Å²) < 4.78 is 30.4. The Bertz CT molecular complexity index is 1620. The molecule has 0 saturated heterocycles. The van der Waals surface area contributed by atoms with Gasteiger partial charge in [-0.15, -0.1) is 0 Å². The molecule has 2 aromatic heterocycles. The molecule has 2 heterocycles. The molecule has 1 fully saturated rings. The lowest BCUT2D eigenvalue weighted by atomic mass is 9.83. The fourth-order valence-electron chi connectivity index (χ4n) is 5.46. The molecule has 11 heteroatoms. The van der Waals surface area contributed by atoms with Gasteiger partial charge in [0.15, 0.2) is 12.0 Å². The van der Waals surface area contributed by atoms with Crippen molar-refractivity contribution in [2.45, 2.75) is 37.6 Å². The van der Waals surface area contributed by atoms with Crippen LogP contribution in [0, 0.1) is 11.2 Å². The molecule has 0 aliphatic heterocycles. The fourth-order valence-corrected chi connectivity index (χ4v) is 5.58. The van der Waals surface area contributed by atoms with Gasteiger partial charge in [0.2, 0.25) is 0 Å². The monoisotopic (exact) mass is 622 g/mol. The van der Waals surface area contributed by atoms with Crippen molar-refractivity contribution in [3.63, 3.8) is 0 Å². The summed E-state index contributed by atoms with van der Waals surface area (Å²) in [7, 11) is 5.02. The Labute approximate surface area is 260 Å². The molecule has 9 nitrogen and oxygen atoms in total. The van der Waals surface area contributed by atoms with E-state index in [1.165, 1.54) is 29.9 Å². The molecule has 1 aliphatic carbocycles. The number of ether oxygens (including phenoxy) is 2. The van der Waals surface area contributed by atoms with Crippen molar-refractivity contribution in [2.24, 2.45) is 12.5 Å². The first-order valence-corrected chi connectivity index (χ1v) is 14.6. The zero-order valence-electron chi connectivity index (χ0n) is 25.1. The van der Waals surface area contributed by atoms with Gasteiger partial charge in [-0.2, -0.15) is 5.10 Å². The SMILES string of the molecule is COc1ccc(CN(C)[C@@](OCC2(CO)CC2)(c2ccc(Cl)cc2)c2c(F)cc(C(C)(O)c3cnn(C)c3)cc2C=O)nc1. The second-order valence-corrected chi connectivity index (χ2v) is 12.1. The van der Waals surface area contributed by atoms with E-state index in [9.17, 15) is 15.0 Å². The third-order valence-corrected chi connectivity index (χ3v) is 8.75. The molecule has 2 N–H and O–H groups in total. The van der Waals surface area contributed by atoms with Crippen molar-refractivity contribution >= 4 is 17.9 Å². The lowest BCUT2D eigenvalue weighted by molar-refractivity contribution is -0.146. The van der Waals surface area contributed by atoms with Gasteiger partial charge < -0.3 is 19.7 Å². The van der Waals surface area contributed by atoms with Gasteiger partial charge >= 0.3 is 0 Å². The maximum Gasteiger partial charge on any atom is 0.177 e. The summed E-state index contributed by atoms with van der Waals surface area (Å²) in [5.41, 5.74) is -2.08. The molecule has 0 bridgehead atoms. The Morgan fingerprint density at radius 1 is 1.14 bits per heavy atom. The highest BCUT2D eigenvalue weighted by atomic mass is 35.5. The van der Waals surface area contributed by atoms with E-state index < -0.39 is 22.6 Å². The first-order valence-electron chi connectivity index (χ1n) is 14.2. The number of aryl methyl sites for hydroxylation is 1. The number of methoxy groups -OCH3 is 1. The van der Waals surface area contributed by atoms with Crippen LogP contribution < -0.4 is 4.74 Å². The molecule has 232 valence electrons. The first kappa shape index (κ1) is 31.7. The molecule has 4 aromatic rings. The predicted octanol–water partition coefficient (Wildman–Crippen LogP) is 4.81. The summed E-state index contributed by atoms with van der Waals surface area (Å²) in [6.07, 6.45) is 6.78. The molecule has 1 unspecified atom stereocenters. The number of nitrogens with zero attached hydrogens (tertiary/aromatic N) is 4. The van der Waals surface area contributed by atoms with Crippen LogP contribution in [0.15, 0.2) is 67.1 Å². The smallest absolute Gasteiger partial charge is 0.177 e. The van der Waals surface area contributed by atoms with Crippen LogP contribution in [0.2, 0.25) is 5.02 Å². The van der Waals surface area contributed by atoms with Crippen molar-refractivity contribution in [1.29, 1.82) is 0 Å². The number of benzene rings is 2. The van der Waals surface area contributed by atoms with E-state index in [4.69, 9.17) is 21.1 Å². The number of rotatable bonds is 13. The van der Waals surface area contributed by atoms with E-state index in [-0.39, 0.29) is 36.4 Å². The van der Waals surface area contributed by atoms with Crippen molar-refractivity contribution in [3.05, 3.63) is 111 Å². The minimum Gasteiger partial charge on any atom is -0.495 e. The standard InChI is InChI=1S/C33H36ClFN4O5/c1-31(42,25-15-37-39(3)17-25)24-13-22(19-40)30(29(35)14-24)33(23-5-7-26(34)8-6-23,44-21-32(20-41)11-12-32)38(2)18-27-9-10-28(43-4)16-36-27/h5-10,13-17,19,41-42H,11-12,18,20-21H2,1-4H3/t31?,33-/m1/s1. The Morgan fingerprint density at radius 3 is 2.41 bits per heavy atom. The third-order valence-electron chi connectivity index (χ3n) is 8.50. The number of halogens is 2. The second-order valence-electron chi connectivity index (χ2n) is 11.7. The van der Waals surface area contributed by atoms with E-state index in [0.29, 0.717) is 33.9 Å². The number of carbonyl (C=O) groups excluding carboxylic acids is 1. The zero-order valence-corrected chi connectivity index (χ0v) is 25.9. The Hall–Kier alpha value is -3.67. The van der Waals surface area contributed by atoms with E-state index >= 15 is 4.39 Å². The first-order chi connectivity index (χ1) is 21.0. The summed E-state index contributed by atoms with van der Waals surface area (Å²) in [5, 5.41) is 26.3. The van der Waals surface area contributed by atoms with Crippen LogP contribution in [-0.4, -0.2) is 63.5 Å². The molecule has 2 atom stereocenters. The molecule has 0 radical (unpaired) electrons. The summed E-state index contributed by atoms with van der Waals surface area (Å²) in [5.74, 6) is -0.173. The van der Waals surface area contributed by atoms with Crippen molar-refractivity contribution < 1.29 is 28.9 Å². The lowest BCUT2D eigenvalue weighted by Gasteiger charge is -2.44. The predicted molar refractivity (Wildman–Crippen MR) is 163 cm³/mol. The minimum atomic E-state index is -1.67. The van der Waals surface area contributed by atoms with Crippen LogP contribution in [0.5, 0.6) is 5.75 Å². The van der Waals surface area contributed by atoms with Crippen LogP contribution in [-0.2, 0) is 29.7 Å². The van der Waals surface area contributed by atoms with Gasteiger partial charge in [0.25, 0.3) is 0 Å². The number of pyridine rings is 1. The number of aromatic nitrogens is 3. The molecule has 0 spiro atoms. The van der Waals surface area contributed by atoms with Gasteiger partial charge in [0, 0.05) is 52.5 Å². The summed E-state index contributed by atoms with van der Waals surface area (Å²) in [4.78, 5) is 19.1. The van der Waals surface area contributed by atoms with Gasteiger partial charge in [-0.3, -0.25) is 19.4 Å². The summed E-state index contributed by atoms with van der Waals surface area (Å²) in [6, 6.07) is 13.1. The van der Waals surface area contributed by atoms with Crippen molar-refractivity contribution in [1.82, 2.24) is 19.7 Å². The highest BCUT2D eigenvalue weighted by Gasteiger charge is 2.49. The van der Waals surface area contributed by atoms with Crippen LogP contribution in [0.25, 0.3) is 0 Å². The van der Waals surface area contributed by atoms with Gasteiger partial charge in [-0.1, -0.05) is 23.7 Å². The average molecular weight is 623 g/mol. The number of hydrogen-bond acceptors (Lipinski definition) is 8. The molecule has 2 aromatic carbocycles. The van der Waals surface area contributed by atoms with E-state index in [1.807, 2.05) is 0 Å². The van der Waals surface area contributed by atoms with Gasteiger partial charge in [0.05, 0.1) is 38.4 Å². The molecule has 1 aliphatic rings. The number of carbonyl (C=O) groups is 1. The molecular weight excluding hydrogens is 587 g/mol. The Morgan fingerprint density at radius 2 is 1.86 bits per heavy atom. The topological polar surface area (TPSA) is 110 Å². The van der Waals surface area contributed by atoms with Crippen LogP contribution >= 0.6 is 11.6 Å². The van der Waals surface area contributed by atoms with Crippen molar-refractivity contribution in [2.75, 3.05) is 27.4 Å². The quantitative estimate of drug-likeness (QED) is 0.162. The third kappa shape index (κ3) is 6.00. The number of hydrogen-bond donors (Lipinski definition) is 2. The van der Waals surface area contributed by atoms with Crippen LogP contribution in [0.4, 0.5) is 4.39 Å². The van der Waals surface area contributed by atoms with E-state index in [0.717, 1.165) is 12.8 Å². The Balaban J connectivity index is 1.72. The molecule has 5 rings (SSSR count). The van der Waals surface area contributed by atoms with E-state index in [1.54, 1.807) is 74.9 Å². The number of aliphatic hydroxyl groups is 2. The molecular formula is C33H36ClFN4O5. The molecule has 1 saturated carbocycles. The highest BCUT2D eigenvalue weighted by molar-refractivity contribution is 6.30. The average Bonchev–Trinajstić information content (AvgIpc) is 3.67. The minimum absolute atomic E-state index is 0.0116. The maximum atomic E-state index is 16.8. The van der Waals surface area contributed by atoms with Gasteiger partial charge in [-0.25, -0.2) is 4.39 Å². The van der Waals surface area contributed by atoms with Gasteiger partial charge in [-0.05, 0) is 68.8 Å². The highest BCUT2D eigenvalue weighted by Crippen LogP contribution is 2.49. The van der Waals surface area contributed by atoms with E-state index in [2.05, 4.69) is 10.1 Å². The largest absolute Gasteiger partial charge is 0.495 e. The summed E-state index contributed by atoms with van der Waals surface area (Å²) >= 11 is 6.27. The zero-order chi connectivity index (χ0) is 31.7. The number of aldehydes is 1. The number of aliphatic hydroxyl groups excluding tert-OH is 1. The second kappa shape index (κ2) is 12.4. The van der Waals surface area contributed by atoms with Gasteiger partial charge in [0.1, 0.15) is 17.2 Å². The molecule has 0 amide bonds. The Kier molecular flexibility index (Phi) is 8.93. The maximum absolute atomic E-state index is 16.8. The lowest BCUT2D eigenvalue weighted by Crippen LogP contribution is -2.49. The molecule has 44 heavy (non-hydrogen) atoms. The fraction of sp³-hybridized carbons (Fsp3) is 0.364. The van der Waals surface area contributed by atoms with Crippen LogP contribution in [0.1, 0.15) is 58.1 Å². The van der Waals surface area contributed by atoms with Crippen LogP contribution in [0.3, 0.4) is 0 Å². The summed E-state index contributed by atoms with van der Waals surface area (Å²) in [6.45, 7) is 1.71. The normalized spacial score (nSPS) is 16.8.